The van der Waals surface area contributed by atoms with E-state index in [2.05, 4.69) is 9.72 Å². The van der Waals surface area contributed by atoms with Crippen LogP contribution < -0.4 is 5.73 Å². The maximum atomic E-state index is 5.59. The minimum absolute atomic E-state index is 0.545. The van der Waals surface area contributed by atoms with Gasteiger partial charge in [-0.1, -0.05) is 5.16 Å². The van der Waals surface area contributed by atoms with E-state index < -0.39 is 0 Å². The van der Waals surface area contributed by atoms with Crippen LogP contribution in [0, 0.1) is 6.92 Å². The molecule has 0 aliphatic rings. The van der Waals surface area contributed by atoms with Crippen molar-refractivity contribution in [1.82, 2.24) is 9.72 Å². The number of nitrogens with two attached hydrogens (primary N) is 1. The lowest BCUT2D eigenvalue weighted by Gasteiger charge is -2.03. The van der Waals surface area contributed by atoms with Crippen molar-refractivity contribution < 1.29 is 4.52 Å². The molecule has 2 heterocycles. The average Bonchev–Trinajstić information content (AvgIpc) is 2.76. The molecule has 2 N–H and O–H groups in total. The molecule has 0 radical (unpaired) electrons. The van der Waals surface area contributed by atoms with E-state index in [0.29, 0.717) is 6.54 Å². The second-order valence-corrected chi connectivity index (χ2v) is 3.26. The van der Waals surface area contributed by atoms with Crippen molar-refractivity contribution in [2.75, 3.05) is 0 Å². The smallest absolute Gasteiger partial charge is 0.133 e. The van der Waals surface area contributed by atoms with Crippen LogP contribution in [0.4, 0.5) is 0 Å². The quantitative estimate of drug-likeness (QED) is 0.795. The molecule has 0 amide bonds. The predicted molar refractivity (Wildman–Crippen MR) is 52.7 cm³/mol. The van der Waals surface area contributed by atoms with E-state index >= 15 is 0 Å². The van der Waals surface area contributed by atoms with Gasteiger partial charge in [-0.25, -0.2) is 0 Å². The van der Waals surface area contributed by atoms with E-state index in [4.69, 9.17) is 10.3 Å². The highest BCUT2D eigenvalue weighted by atomic mass is 16.5. The minimum Gasteiger partial charge on any atom is -0.361 e. The van der Waals surface area contributed by atoms with Gasteiger partial charge in [0.1, 0.15) is 11.5 Å². The van der Waals surface area contributed by atoms with Crippen LogP contribution in [0.1, 0.15) is 17.1 Å². The Bertz CT molecular complexity index is 416. The van der Waals surface area contributed by atoms with Gasteiger partial charge in [0, 0.05) is 24.5 Å². The first-order valence-electron chi connectivity index (χ1n) is 4.56. The normalized spacial score (nSPS) is 10.7. The Morgan fingerprint density at radius 2 is 2.43 bits per heavy atom. The van der Waals surface area contributed by atoms with Crippen molar-refractivity contribution in [3.05, 3.63) is 41.5 Å². The van der Waals surface area contributed by atoms with Gasteiger partial charge >= 0.3 is 0 Å². The van der Waals surface area contributed by atoms with Crippen molar-refractivity contribution in [1.29, 1.82) is 0 Å². The Labute approximate surface area is 82.3 Å². The highest BCUT2D eigenvalue weighted by Crippen LogP contribution is 2.07. The van der Waals surface area contributed by atoms with Crippen LogP contribution in [-0.4, -0.2) is 9.72 Å². The van der Waals surface area contributed by atoms with Crippen molar-refractivity contribution in [2.45, 2.75) is 20.0 Å². The molecule has 0 atom stereocenters. The summed E-state index contributed by atoms with van der Waals surface area (Å²) in [6.07, 6.45) is 1.99. The van der Waals surface area contributed by atoms with Gasteiger partial charge in [-0.05, 0) is 19.1 Å². The Hall–Kier alpha value is -1.55. The zero-order valence-electron chi connectivity index (χ0n) is 8.10. The van der Waals surface area contributed by atoms with Crippen LogP contribution in [0.3, 0.4) is 0 Å². The summed E-state index contributed by atoms with van der Waals surface area (Å²) in [4.78, 5) is 0. The van der Waals surface area contributed by atoms with Gasteiger partial charge in [-0.15, -0.1) is 0 Å². The van der Waals surface area contributed by atoms with Gasteiger partial charge in [-0.3, -0.25) is 0 Å². The fraction of sp³-hybridized carbons (Fsp3) is 0.300. The Balaban J connectivity index is 2.18. The van der Waals surface area contributed by atoms with Crippen LogP contribution in [0.25, 0.3) is 0 Å². The van der Waals surface area contributed by atoms with E-state index in [1.54, 1.807) is 0 Å². The fourth-order valence-corrected chi connectivity index (χ4v) is 1.46. The maximum absolute atomic E-state index is 5.59. The third kappa shape index (κ3) is 1.70. The molecule has 2 aromatic rings. The molecule has 4 heteroatoms. The van der Waals surface area contributed by atoms with Crippen molar-refractivity contribution >= 4 is 0 Å². The van der Waals surface area contributed by atoms with Gasteiger partial charge in [0.05, 0.1) is 6.54 Å². The lowest BCUT2D eigenvalue weighted by molar-refractivity contribution is 0.388. The molecule has 2 aromatic heterocycles. The fourth-order valence-electron chi connectivity index (χ4n) is 1.46. The van der Waals surface area contributed by atoms with E-state index in [1.165, 1.54) is 0 Å². The highest BCUT2D eigenvalue weighted by molar-refractivity contribution is 5.11. The molecule has 0 aliphatic heterocycles. The minimum atomic E-state index is 0.545. The number of hydrogen-bond acceptors (Lipinski definition) is 3. The molecule has 74 valence electrons. The number of aromatic nitrogens is 2. The topological polar surface area (TPSA) is 57.0 Å². The molecular formula is C10H13N3O. The van der Waals surface area contributed by atoms with Gasteiger partial charge < -0.3 is 14.8 Å². The summed E-state index contributed by atoms with van der Waals surface area (Å²) in [5, 5.41) is 3.93. The third-order valence-corrected chi connectivity index (χ3v) is 2.14. The van der Waals surface area contributed by atoms with Crippen LogP contribution >= 0.6 is 0 Å². The summed E-state index contributed by atoms with van der Waals surface area (Å²) in [5.74, 6) is 0.835. The molecule has 2 rings (SSSR count). The molecular weight excluding hydrogens is 178 g/mol. The first-order valence-corrected chi connectivity index (χ1v) is 4.56. The van der Waals surface area contributed by atoms with Crippen molar-refractivity contribution in [3.63, 3.8) is 0 Å². The summed E-state index contributed by atoms with van der Waals surface area (Å²) in [6, 6.07) is 5.92. The van der Waals surface area contributed by atoms with Crippen LogP contribution in [0.2, 0.25) is 0 Å². The molecule has 0 bridgehead atoms. The molecule has 14 heavy (non-hydrogen) atoms. The SMILES string of the molecule is Cc1cc(Cn2cccc2CN)no1. The van der Waals surface area contributed by atoms with Gasteiger partial charge in [0.25, 0.3) is 0 Å². The summed E-state index contributed by atoms with van der Waals surface area (Å²) < 4.78 is 7.06. The lowest BCUT2D eigenvalue weighted by atomic mass is 10.3. The van der Waals surface area contributed by atoms with Gasteiger partial charge in [0.15, 0.2) is 0 Å². The Kier molecular flexibility index (Phi) is 2.37. The number of rotatable bonds is 3. The molecule has 0 spiro atoms. The molecule has 0 fully saturated rings. The zero-order chi connectivity index (χ0) is 9.97. The van der Waals surface area contributed by atoms with E-state index in [-0.39, 0.29) is 0 Å². The molecule has 0 aliphatic carbocycles. The summed E-state index contributed by atoms with van der Waals surface area (Å²) in [6.45, 7) is 3.15. The first kappa shape index (κ1) is 9.02. The number of nitrogens with zero attached hydrogens (tertiary/aromatic N) is 2. The van der Waals surface area contributed by atoms with Gasteiger partial charge in [-0.2, -0.15) is 0 Å². The Morgan fingerprint density at radius 3 is 3.07 bits per heavy atom. The van der Waals surface area contributed by atoms with Crippen LogP contribution in [0.5, 0.6) is 0 Å². The maximum Gasteiger partial charge on any atom is 0.133 e. The number of hydrogen-bond donors (Lipinski definition) is 1. The molecule has 0 saturated carbocycles. The average molecular weight is 191 g/mol. The van der Waals surface area contributed by atoms with Gasteiger partial charge in [0.2, 0.25) is 0 Å². The second-order valence-electron chi connectivity index (χ2n) is 3.26. The van der Waals surface area contributed by atoms with Crippen LogP contribution in [-0.2, 0) is 13.1 Å². The molecule has 4 nitrogen and oxygen atoms in total. The number of aryl methyl sites for hydroxylation is 1. The standard InChI is InChI=1S/C10H13N3O/c1-8-5-9(12-14-8)7-13-4-2-3-10(13)6-11/h2-5H,6-7,11H2,1H3. The van der Waals surface area contributed by atoms with Crippen LogP contribution in [0.15, 0.2) is 28.9 Å². The van der Waals surface area contributed by atoms with E-state index in [1.807, 2.05) is 31.3 Å². The molecule has 0 unspecified atom stereocenters. The van der Waals surface area contributed by atoms with E-state index in [0.717, 1.165) is 23.7 Å². The summed E-state index contributed by atoms with van der Waals surface area (Å²) in [7, 11) is 0. The van der Waals surface area contributed by atoms with E-state index in [9.17, 15) is 0 Å². The monoisotopic (exact) mass is 191 g/mol. The predicted octanol–water partition coefficient (Wildman–Crippen LogP) is 1.29. The first-order chi connectivity index (χ1) is 6.79. The van der Waals surface area contributed by atoms with Crippen molar-refractivity contribution in [2.24, 2.45) is 5.73 Å². The Morgan fingerprint density at radius 1 is 1.57 bits per heavy atom. The summed E-state index contributed by atoms with van der Waals surface area (Å²) >= 11 is 0. The second kappa shape index (κ2) is 3.67. The largest absolute Gasteiger partial charge is 0.361 e. The van der Waals surface area contributed by atoms with Crippen molar-refractivity contribution in [3.8, 4) is 0 Å². The molecule has 0 aromatic carbocycles. The molecule has 0 saturated heterocycles. The summed E-state index contributed by atoms with van der Waals surface area (Å²) in [5.41, 5.74) is 7.62. The lowest BCUT2D eigenvalue weighted by Crippen LogP contribution is -2.07. The zero-order valence-corrected chi connectivity index (χ0v) is 8.10. The highest BCUT2D eigenvalue weighted by Gasteiger charge is 2.03. The third-order valence-electron chi connectivity index (χ3n) is 2.14.